The Hall–Kier alpha value is -2.29. The van der Waals surface area contributed by atoms with Gasteiger partial charge in [-0.15, -0.1) is 0 Å². The van der Waals surface area contributed by atoms with Crippen molar-refractivity contribution in [3.05, 3.63) is 22.9 Å². The number of rotatable bonds is 6. The molecule has 1 fully saturated rings. The van der Waals surface area contributed by atoms with Crippen LogP contribution in [0, 0.1) is 6.92 Å². The number of anilines is 1. The smallest absolute Gasteiger partial charge is 0.333 e. The van der Waals surface area contributed by atoms with Crippen molar-refractivity contribution in [2.45, 2.75) is 33.2 Å². The Kier molecular flexibility index (Phi) is 6.02. The van der Waals surface area contributed by atoms with Crippen molar-refractivity contribution in [3.63, 3.8) is 0 Å². The molecule has 2 heterocycles. The minimum Gasteiger partial charge on any atom is -0.463 e. The van der Waals surface area contributed by atoms with Crippen LogP contribution in [0.2, 0.25) is 0 Å². The third-order valence-corrected chi connectivity index (χ3v) is 4.26. The van der Waals surface area contributed by atoms with Gasteiger partial charge in [0.25, 0.3) is 0 Å². The maximum absolute atomic E-state index is 12.5. The molecule has 1 N–H and O–H groups in total. The molecule has 130 valence electrons. The van der Waals surface area contributed by atoms with Crippen molar-refractivity contribution in [2.75, 3.05) is 17.7 Å². The summed E-state index contributed by atoms with van der Waals surface area (Å²) < 4.78 is 9.77. The number of hydrogen-bond acceptors (Lipinski definition) is 7. The van der Waals surface area contributed by atoms with Crippen LogP contribution in [0.4, 0.5) is 5.82 Å². The molecule has 0 bridgehead atoms. The molecule has 1 aromatic rings. The lowest BCUT2D eigenvalue weighted by Gasteiger charge is -2.26. The fourth-order valence-corrected chi connectivity index (χ4v) is 3.20. The van der Waals surface area contributed by atoms with E-state index in [1.54, 1.807) is 26.8 Å². The van der Waals surface area contributed by atoms with Gasteiger partial charge in [0, 0.05) is 6.07 Å². The molecule has 2 amide bonds. The van der Waals surface area contributed by atoms with Crippen molar-refractivity contribution in [2.24, 2.45) is 0 Å². The Morgan fingerprint density at radius 1 is 1.54 bits per heavy atom. The van der Waals surface area contributed by atoms with E-state index in [0.29, 0.717) is 17.2 Å². The highest BCUT2D eigenvalue weighted by Gasteiger charge is 2.36. The number of carbonyl (C=O) groups excluding carboxylic acids is 3. The summed E-state index contributed by atoms with van der Waals surface area (Å²) in [6.45, 7) is 5.44. The lowest BCUT2D eigenvalue weighted by atomic mass is 10.1. The van der Waals surface area contributed by atoms with Crippen LogP contribution >= 0.6 is 11.8 Å². The van der Waals surface area contributed by atoms with Crippen LogP contribution < -0.4 is 5.32 Å². The van der Waals surface area contributed by atoms with Crippen LogP contribution in [0.25, 0.3) is 0 Å². The summed E-state index contributed by atoms with van der Waals surface area (Å²) >= 11 is 1.21. The Balaban J connectivity index is 2.18. The molecule has 1 aliphatic heterocycles. The molecule has 1 aliphatic rings. The molecule has 1 saturated heterocycles. The third kappa shape index (κ3) is 4.16. The molecule has 1 unspecified atom stereocenters. The summed E-state index contributed by atoms with van der Waals surface area (Å²) in [4.78, 5) is 37.7. The second kappa shape index (κ2) is 8.00. The Bertz CT molecular complexity index is 670. The number of amides is 2. The summed E-state index contributed by atoms with van der Waals surface area (Å²) in [6.07, 6.45) is 1.63. The van der Waals surface area contributed by atoms with Gasteiger partial charge in [-0.25, -0.2) is 4.79 Å². The number of aryl methyl sites for hydroxylation is 1. The molecule has 2 rings (SSSR count). The van der Waals surface area contributed by atoms with Gasteiger partial charge in [-0.2, -0.15) is 0 Å². The minimum absolute atomic E-state index is 0.179. The van der Waals surface area contributed by atoms with E-state index in [0.717, 1.165) is 0 Å². The predicted molar refractivity (Wildman–Crippen MR) is 88.0 cm³/mol. The molecule has 0 aliphatic carbocycles. The number of esters is 1. The highest BCUT2D eigenvalue weighted by atomic mass is 32.2. The van der Waals surface area contributed by atoms with Crippen molar-refractivity contribution < 1.29 is 23.6 Å². The molecule has 1 aromatic heterocycles. The fraction of sp³-hybridized carbons (Fsp3) is 0.467. The molecule has 9 heteroatoms. The van der Waals surface area contributed by atoms with Gasteiger partial charge in [0.1, 0.15) is 11.8 Å². The third-order valence-electron chi connectivity index (χ3n) is 3.26. The summed E-state index contributed by atoms with van der Waals surface area (Å²) in [5, 5.41) is 6.74. The maximum atomic E-state index is 12.5. The van der Waals surface area contributed by atoms with Gasteiger partial charge in [0.05, 0.1) is 23.5 Å². The van der Waals surface area contributed by atoms with Crippen LogP contribution in [-0.4, -0.2) is 46.2 Å². The molecule has 0 saturated carbocycles. The number of carbonyl (C=O) groups is 3. The van der Waals surface area contributed by atoms with Gasteiger partial charge in [0.2, 0.25) is 11.8 Å². The van der Waals surface area contributed by atoms with E-state index in [-0.39, 0.29) is 24.1 Å². The van der Waals surface area contributed by atoms with Crippen molar-refractivity contribution in [1.29, 1.82) is 0 Å². The molecule has 8 nitrogen and oxygen atoms in total. The van der Waals surface area contributed by atoms with Gasteiger partial charge in [-0.05, 0) is 20.3 Å². The molecule has 0 radical (unpaired) electrons. The summed E-state index contributed by atoms with van der Waals surface area (Å²) in [5.74, 6) is -0.134. The zero-order valence-electron chi connectivity index (χ0n) is 13.7. The Morgan fingerprint density at radius 2 is 2.29 bits per heavy atom. The van der Waals surface area contributed by atoms with Crippen LogP contribution in [0.5, 0.6) is 0 Å². The van der Waals surface area contributed by atoms with Crippen molar-refractivity contribution >= 4 is 35.4 Å². The first-order chi connectivity index (χ1) is 11.5. The number of nitrogens with zero attached hydrogens (tertiary/aromatic N) is 2. The molecular formula is C15H19N3O5S. The molecular weight excluding hydrogens is 334 g/mol. The fourth-order valence-electron chi connectivity index (χ4n) is 2.24. The van der Waals surface area contributed by atoms with E-state index in [4.69, 9.17) is 9.26 Å². The lowest BCUT2D eigenvalue weighted by molar-refractivity contribution is -0.137. The molecule has 0 spiro atoms. The Morgan fingerprint density at radius 3 is 2.88 bits per heavy atom. The van der Waals surface area contributed by atoms with Crippen LogP contribution in [0.1, 0.15) is 26.0 Å². The van der Waals surface area contributed by atoms with Gasteiger partial charge in [-0.3, -0.25) is 14.5 Å². The summed E-state index contributed by atoms with van der Waals surface area (Å²) in [6, 6.07) is 0.839. The zero-order valence-corrected chi connectivity index (χ0v) is 14.5. The Labute approximate surface area is 143 Å². The number of ether oxygens (including phenoxy) is 1. The van der Waals surface area contributed by atoms with E-state index in [1.807, 2.05) is 0 Å². The van der Waals surface area contributed by atoms with Gasteiger partial charge in [0.15, 0.2) is 5.82 Å². The van der Waals surface area contributed by atoms with Crippen molar-refractivity contribution in [3.8, 4) is 0 Å². The highest BCUT2D eigenvalue weighted by Crippen LogP contribution is 2.32. The number of nitrogens with one attached hydrogen (secondary N) is 1. The van der Waals surface area contributed by atoms with Gasteiger partial charge >= 0.3 is 5.97 Å². The highest BCUT2D eigenvalue weighted by molar-refractivity contribution is 8.04. The normalized spacial score (nSPS) is 17.2. The molecule has 1 atom stereocenters. The average molecular weight is 353 g/mol. The topological polar surface area (TPSA) is 102 Å². The molecule has 24 heavy (non-hydrogen) atoms. The van der Waals surface area contributed by atoms with Crippen LogP contribution in [-0.2, 0) is 19.1 Å². The van der Waals surface area contributed by atoms with Gasteiger partial charge < -0.3 is 14.6 Å². The second-order valence-electron chi connectivity index (χ2n) is 5.02. The number of aromatic nitrogens is 1. The average Bonchev–Trinajstić information content (AvgIpc) is 3.08. The first kappa shape index (κ1) is 18.1. The first-order valence-corrected chi connectivity index (χ1v) is 8.52. The molecule has 0 aromatic carbocycles. The quantitative estimate of drug-likeness (QED) is 0.613. The SMILES string of the molecule is CCOC(=O)/C=C1\SCC(=O)N1C(CC)C(=O)Nc1cc(C)on1. The van der Waals surface area contributed by atoms with Crippen molar-refractivity contribution in [1.82, 2.24) is 10.1 Å². The van der Waals surface area contributed by atoms with Crippen LogP contribution in [0.15, 0.2) is 21.7 Å². The van der Waals surface area contributed by atoms with E-state index in [1.165, 1.54) is 22.7 Å². The van der Waals surface area contributed by atoms with E-state index in [9.17, 15) is 14.4 Å². The van der Waals surface area contributed by atoms with Gasteiger partial charge in [-0.1, -0.05) is 23.8 Å². The van der Waals surface area contributed by atoms with E-state index in [2.05, 4.69) is 10.5 Å². The largest absolute Gasteiger partial charge is 0.463 e. The summed E-state index contributed by atoms with van der Waals surface area (Å²) in [7, 11) is 0. The maximum Gasteiger partial charge on any atom is 0.333 e. The monoisotopic (exact) mass is 353 g/mol. The minimum atomic E-state index is -0.745. The number of thioether (sulfide) groups is 1. The predicted octanol–water partition coefficient (Wildman–Crippen LogP) is 1.68. The number of hydrogen-bond donors (Lipinski definition) is 1. The standard InChI is InChI=1S/C15H19N3O5S/c1-4-10(15(21)16-11-6-9(3)23-17-11)18-12(19)8-24-13(18)7-14(20)22-5-2/h6-7,10H,4-5,8H2,1-3H3,(H,16,17,21)/b13-7-. The zero-order chi connectivity index (χ0) is 17.7. The summed E-state index contributed by atoms with van der Waals surface area (Å²) in [5.41, 5.74) is 0. The first-order valence-electron chi connectivity index (χ1n) is 7.53. The lowest BCUT2D eigenvalue weighted by Crippen LogP contribution is -2.44. The van der Waals surface area contributed by atoms with E-state index >= 15 is 0 Å². The van der Waals surface area contributed by atoms with Crippen LogP contribution in [0.3, 0.4) is 0 Å². The van der Waals surface area contributed by atoms with E-state index < -0.39 is 17.9 Å². The second-order valence-corrected chi connectivity index (χ2v) is 6.02.